The normalized spacial score (nSPS) is 11.2. The number of benzene rings is 1. The van der Waals surface area contributed by atoms with Crippen LogP contribution in [0.25, 0.3) is 6.08 Å². The first-order chi connectivity index (χ1) is 11.0. The van der Waals surface area contributed by atoms with Crippen molar-refractivity contribution in [2.45, 2.75) is 20.5 Å². The minimum Gasteiger partial charge on any atom is -0.490 e. The first kappa shape index (κ1) is 17.1. The molecule has 1 heterocycles. The second-order valence-corrected chi connectivity index (χ2v) is 5.91. The molecule has 0 unspecified atom stereocenters. The van der Waals surface area contributed by atoms with Crippen LogP contribution in [0.4, 0.5) is 8.78 Å². The van der Waals surface area contributed by atoms with Crippen LogP contribution in [0.1, 0.15) is 27.0 Å². The van der Waals surface area contributed by atoms with E-state index < -0.39 is 6.61 Å². The molecule has 23 heavy (non-hydrogen) atoms. The van der Waals surface area contributed by atoms with E-state index in [0.717, 1.165) is 4.88 Å². The van der Waals surface area contributed by atoms with Gasteiger partial charge in [-0.15, -0.1) is 11.3 Å². The van der Waals surface area contributed by atoms with E-state index in [2.05, 4.69) is 4.74 Å². The van der Waals surface area contributed by atoms with Gasteiger partial charge in [0.25, 0.3) is 0 Å². The van der Waals surface area contributed by atoms with Crippen LogP contribution in [0.3, 0.4) is 0 Å². The van der Waals surface area contributed by atoms with Crippen molar-refractivity contribution in [3.63, 3.8) is 0 Å². The van der Waals surface area contributed by atoms with Crippen LogP contribution in [0.5, 0.6) is 11.5 Å². The molecule has 0 spiro atoms. The number of alkyl halides is 2. The first-order valence-electron chi connectivity index (χ1n) is 7.00. The molecule has 2 rings (SSSR count). The average Bonchev–Trinajstić information content (AvgIpc) is 2.93. The maximum atomic E-state index is 12.3. The number of hydrogen-bond donors (Lipinski definition) is 0. The monoisotopic (exact) mass is 338 g/mol. The molecule has 0 saturated heterocycles. The number of carbonyl (C=O) groups excluding carboxylic acids is 1. The van der Waals surface area contributed by atoms with Gasteiger partial charge in [0, 0.05) is 4.88 Å². The third-order valence-corrected chi connectivity index (χ3v) is 3.91. The molecule has 1 aromatic carbocycles. The van der Waals surface area contributed by atoms with Gasteiger partial charge in [-0.05, 0) is 49.8 Å². The topological polar surface area (TPSA) is 35.5 Å². The van der Waals surface area contributed by atoms with Crippen molar-refractivity contribution in [2.75, 3.05) is 6.61 Å². The van der Waals surface area contributed by atoms with Crippen molar-refractivity contribution in [3.05, 3.63) is 51.7 Å². The van der Waals surface area contributed by atoms with Crippen molar-refractivity contribution < 1.29 is 23.0 Å². The molecule has 0 N–H and O–H groups in total. The SMILES string of the molecule is CCOc1cc(C=CC(=O)c2ccc(C)s2)ccc1OC(F)F. The van der Waals surface area contributed by atoms with Gasteiger partial charge in [-0.3, -0.25) is 4.79 Å². The zero-order chi connectivity index (χ0) is 16.8. The van der Waals surface area contributed by atoms with Gasteiger partial charge in [0.2, 0.25) is 0 Å². The van der Waals surface area contributed by atoms with Crippen molar-refractivity contribution >= 4 is 23.2 Å². The van der Waals surface area contributed by atoms with E-state index in [0.29, 0.717) is 17.0 Å². The molecule has 6 heteroatoms. The third-order valence-electron chi connectivity index (χ3n) is 2.89. The lowest BCUT2D eigenvalue weighted by atomic mass is 10.1. The number of carbonyl (C=O) groups is 1. The lowest BCUT2D eigenvalue weighted by Gasteiger charge is -2.11. The zero-order valence-electron chi connectivity index (χ0n) is 12.7. The lowest BCUT2D eigenvalue weighted by Crippen LogP contribution is -2.04. The van der Waals surface area contributed by atoms with Crippen molar-refractivity contribution in [2.24, 2.45) is 0 Å². The van der Waals surface area contributed by atoms with Crippen LogP contribution in [0.15, 0.2) is 36.4 Å². The first-order valence-corrected chi connectivity index (χ1v) is 7.81. The van der Waals surface area contributed by atoms with Gasteiger partial charge in [0.1, 0.15) is 0 Å². The number of hydrogen-bond acceptors (Lipinski definition) is 4. The van der Waals surface area contributed by atoms with Crippen LogP contribution < -0.4 is 9.47 Å². The fourth-order valence-electron chi connectivity index (χ4n) is 1.91. The predicted octanol–water partition coefficient (Wildman–Crippen LogP) is 4.95. The summed E-state index contributed by atoms with van der Waals surface area (Å²) in [6, 6.07) is 8.21. The maximum Gasteiger partial charge on any atom is 0.387 e. The Bertz CT molecular complexity index is 708. The molecule has 0 aliphatic heterocycles. The number of ketones is 1. The van der Waals surface area contributed by atoms with Gasteiger partial charge in [-0.2, -0.15) is 8.78 Å². The summed E-state index contributed by atoms with van der Waals surface area (Å²) < 4.78 is 34.4. The molecule has 122 valence electrons. The van der Waals surface area contributed by atoms with Gasteiger partial charge in [-0.1, -0.05) is 12.1 Å². The van der Waals surface area contributed by atoms with Crippen molar-refractivity contribution in [3.8, 4) is 11.5 Å². The van der Waals surface area contributed by atoms with Gasteiger partial charge >= 0.3 is 6.61 Å². The second kappa shape index (κ2) is 7.87. The predicted molar refractivity (Wildman–Crippen MR) is 86.7 cm³/mol. The second-order valence-electron chi connectivity index (χ2n) is 4.63. The Morgan fingerprint density at radius 3 is 2.65 bits per heavy atom. The summed E-state index contributed by atoms with van der Waals surface area (Å²) >= 11 is 1.42. The molecule has 1 aromatic heterocycles. The molecule has 0 fully saturated rings. The van der Waals surface area contributed by atoms with E-state index in [1.165, 1.54) is 23.5 Å². The molecule has 0 aliphatic rings. The smallest absolute Gasteiger partial charge is 0.387 e. The molecule has 3 nitrogen and oxygen atoms in total. The highest BCUT2D eigenvalue weighted by molar-refractivity contribution is 7.14. The van der Waals surface area contributed by atoms with E-state index in [9.17, 15) is 13.6 Å². The van der Waals surface area contributed by atoms with E-state index in [1.807, 2.05) is 13.0 Å². The molecule has 0 aliphatic carbocycles. The summed E-state index contributed by atoms with van der Waals surface area (Å²) in [6.45, 7) is 1.08. The van der Waals surface area contributed by atoms with E-state index in [4.69, 9.17) is 4.74 Å². The summed E-state index contributed by atoms with van der Waals surface area (Å²) in [7, 11) is 0. The Balaban J connectivity index is 2.17. The largest absolute Gasteiger partial charge is 0.490 e. The minimum atomic E-state index is -2.92. The molecule has 0 saturated carbocycles. The summed E-state index contributed by atoms with van der Waals surface area (Å²) in [5, 5.41) is 0. The third kappa shape index (κ3) is 4.89. The average molecular weight is 338 g/mol. The van der Waals surface area contributed by atoms with Gasteiger partial charge < -0.3 is 9.47 Å². The quantitative estimate of drug-likeness (QED) is 0.529. The van der Waals surface area contributed by atoms with E-state index in [-0.39, 0.29) is 17.3 Å². The maximum absolute atomic E-state index is 12.3. The van der Waals surface area contributed by atoms with Gasteiger partial charge in [0.15, 0.2) is 17.3 Å². The van der Waals surface area contributed by atoms with Crippen molar-refractivity contribution in [1.82, 2.24) is 0 Å². The molecular weight excluding hydrogens is 322 g/mol. The number of halogens is 2. The summed E-state index contributed by atoms with van der Waals surface area (Å²) in [4.78, 5) is 13.7. The zero-order valence-corrected chi connectivity index (χ0v) is 13.5. The molecule has 0 atom stereocenters. The highest BCUT2D eigenvalue weighted by atomic mass is 32.1. The van der Waals surface area contributed by atoms with Crippen LogP contribution in [-0.4, -0.2) is 19.0 Å². The Morgan fingerprint density at radius 2 is 2.04 bits per heavy atom. The highest BCUT2D eigenvalue weighted by Gasteiger charge is 2.11. The molecular formula is C17H16F2O3S. The lowest BCUT2D eigenvalue weighted by molar-refractivity contribution is -0.0514. The Hall–Kier alpha value is -2.21. The number of thiophene rings is 1. The number of aryl methyl sites for hydroxylation is 1. The minimum absolute atomic E-state index is 0.0285. The van der Waals surface area contributed by atoms with Crippen molar-refractivity contribution in [1.29, 1.82) is 0 Å². The summed E-state index contributed by atoms with van der Waals surface area (Å²) in [5.74, 6) is 0.0857. The number of rotatable bonds is 7. The molecule has 0 bridgehead atoms. The standard InChI is InChI=1S/C17H16F2O3S/c1-3-21-15-10-12(6-8-14(15)22-17(18)19)5-7-13(20)16-9-4-11(2)23-16/h4-10,17H,3H2,1-2H3. The summed E-state index contributed by atoms with van der Waals surface area (Å²) in [5.41, 5.74) is 0.664. The van der Waals surface area contributed by atoms with Gasteiger partial charge in [0.05, 0.1) is 11.5 Å². The Kier molecular flexibility index (Phi) is 5.87. The number of allylic oxidation sites excluding steroid dienone is 1. The molecule has 0 radical (unpaired) electrons. The van der Waals surface area contributed by atoms with Crippen LogP contribution >= 0.6 is 11.3 Å². The van der Waals surface area contributed by atoms with Crippen LogP contribution in [0.2, 0.25) is 0 Å². The van der Waals surface area contributed by atoms with Crippen LogP contribution in [0, 0.1) is 6.92 Å². The molecule has 0 amide bonds. The Labute approximate surface area is 137 Å². The number of ether oxygens (including phenoxy) is 2. The van der Waals surface area contributed by atoms with Gasteiger partial charge in [-0.25, -0.2) is 0 Å². The van der Waals surface area contributed by atoms with Crippen LogP contribution in [-0.2, 0) is 0 Å². The fourth-order valence-corrected chi connectivity index (χ4v) is 2.70. The molecule has 2 aromatic rings. The summed E-state index contributed by atoms with van der Waals surface area (Å²) in [6.07, 6.45) is 3.07. The highest BCUT2D eigenvalue weighted by Crippen LogP contribution is 2.30. The Morgan fingerprint density at radius 1 is 1.26 bits per heavy atom. The fraction of sp³-hybridized carbons (Fsp3) is 0.235. The van der Waals surface area contributed by atoms with E-state index >= 15 is 0 Å². The van der Waals surface area contributed by atoms with E-state index in [1.54, 1.807) is 31.2 Å².